The molecule has 0 spiro atoms. The zero-order valence-corrected chi connectivity index (χ0v) is 16.5. The van der Waals surface area contributed by atoms with E-state index in [0.717, 1.165) is 33.7 Å². The van der Waals surface area contributed by atoms with E-state index in [4.69, 9.17) is 16.1 Å². The summed E-state index contributed by atoms with van der Waals surface area (Å²) in [5, 5.41) is 17.8. The van der Waals surface area contributed by atoms with Gasteiger partial charge in [0, 0.05) is 28.6 Å². The van der Waals surface area contributed by atoms with E-state index in [2.05, 4.69) is 10.5 Å². The number of nitrogens with one attached hydrogen (secondary N) is 1. The molecule has 2 aliphatic rings. The van der Waals surface area contributed by atoms with E-state index >= 15 is 0 Å². The molecule has 0 unspecified atom stereocenters. The van der Waals surface area contributed by atoms with Crippen LogP contribution in [0.1, 0.15) is 47.1 Å². The predicted octanol–water partition coefficient (Wildman–Crippen LogP) is 5.30. The number of aromatic nitrogens is 1. The van der Waals surface area contributed by atoms with Gasteiger partial charge in [0.1, 0.15) is 5.75 Å². The van der Waals surface area contributed by atoms with Gasteiger partial charge < -0.3 is 14.9 Å². The third kappa shape index (κ3) is 3.02. The SMILES string of the molecule is Cc1noc2c1[C@H](c1ccc(O)cc1)C1=C(C[C@H](c3ccc(Cl)cc3)CC1=O)N2. The summed E-state index contributed by atoms with van der Waals surface area (Å²) in [4.78, 5) is 13.3. The van der Waals surface area contributed by atoms with E-state index in [-0.39, 0.29) is 23.4 Å². The van der Waals surface area contributed by atoms with Gasteiger partial charge in [-0.1, -0.05) is 41.0 Å². The van der Waals surface area contributed by atoms with E-state index in [1.165, 1.54) is 0 Å². The lowest BCUT2D eigenvalue weighted by molar-refractivity contribution is -0.116. The molecule has 1 aliphatic carbocycles. The number of rotatable bonds is 2. The summed E-state index contributed by atoms with van der Waals surface area (Å²) in [6.07, 6.45) is 1.15. The molecule has 0 radical (unpaired) electrons. The maximum absolute atomic E-state index is 13.3. The minimum Gasteiger partial charge on any atom is -0.508 e. The number of carbonyl (C=O) groups is 1. The van der Waals surface area contributed by atoms with Gasteiger partial charge in [0.05, 0.1) is 11.3 Å². The quantitative estimate of drug-likeness (QED) is 0.604. The Balaban J connectivity index is 1.61. The number of Topliss-reactive ketones (excluding diaryl/α,β-unsaturated/α-hetero) is 1. The number of halogens is 1. The number of anilines is 1. The van der Waals surface area contributed by atoms with Crippen molar-refractivity contribution < 1.29 is 14.4 Å². The van der Waals surface area contributed by atoms with Crippen LogP contribution in [0.4, 0.5) is 5.88 Å². The van der Waals surface area contributed by atoms with Crippen LogP contribution >= 0.6 is 11.6 Å². The van der Waals surface area contributed by atoms with Gasteiger partial charge in [-0.25, -0.2) is 0 Å². The second-order valence-electron chi connectivity index (χ2n) is 7.63. The molecule has 2 N–H and O–H groups in total. The van der Waals surface area contributed by atoms with Crippen molar-refractivity contribution in [3.05, 3.63) is 87.2 Å². The Kier molecular flexibility index (Phi) is 4.21. The second kappa shape index (κ2) is 6.78. The van der Waals surface area contributed by atoms with Crippen molar-refractivity contribution in [3.63, 3.8) is 0 Å². The number of fused-ring (bicyclic) bond motifs is 1. The molecular weight excluding hydrogens is 388 g/mol. The fourth-order valence-corrected chi connectivity index (χ4v) is 4.57. The van der Waals surface area contributed by atoms with Crippen LogP contribution in [0.5, 0.6) is 5.75 Å². The number of carbonyl (C=O) groups excluding carboxylic acids is 1. The molecule has 1 aliphatic heterocycles. The fraction of sp³-hybridized carbons (Fsp3) is 0.217. The third-order valence-corrected chi connectivity index (χ3v) is 6.08. The van der Waals surface area contributed by atoms with Gasteiger partial charge in [0.25, 0.3) is 0 Å². The highest BCUT2D eigenvalue weighted by molar-refractivity contribution is 6.30. The molecule has 2 atom stereocenters. The number of phenols is 1. The molecule has 1 aromatic heterocycles. The Hall–Kier alpha value is -3.05. The first-order chi connectivity index (χ1) is 14.0. The Morgan fingerprint density at radius 1 is 1.07 bits per heavy atom. The van der Waals surface area contributed by atoms with E-state index in [1.54, 1.807) is 12.1 Å². The van der Waals surface area contributed by atoms with E-state index in [9.17, 15) is 9.90 Å². The monoisotopic (exact) mass is 406 g/mol. The Labute approximate surface area is 173 Å². The van der Waals surface area contributed by atoms with Crippen molar-refractivity contribution in [3.8, 4) is 5.75 Å². The number of hydrogen-bond acceptors (Lipinski definition) is 5. The standard InChI is InChI=1S/C23H19ClN2O3/c1-12-20-21(14-4-8-17(27)9-5-14)22-18(25-23(20)29-26-12)10-15(11-19(22)28)13-2-6-16(24)7-3-13/h2-9,15,21,25,27H,10-11H2,1H3/t15-,21-/m0/s1. The van der Waals surface area contributed by atoms with Crippen LogP contribution in [-0.4, -0.2) is 16.0 Å². The van der Waals surface area contributed by atoms with Crippen LogP contribution in [0.2, 0.25) is 5.02 Å². The van der Waals surface area contributed by atoms with Crippen molar-refractivity contribution in [1.82, 2.24) is 5.16 Å². The summed E-state index contributed by atoms with van der Waals surface area (Å²) in [6, 6.07) is 14.7. The van der Waals surface area contributed by atoms with Crippen LogP contribution in [0.25, 0.3) is 0 Å². The number of ketones is 1. The summed E-state index contributed by atoms with van der Waals surface area (Å²) in [5.74, 6) is 0.715. The zero-order valence-electron chi connectivity index (χ0n) is 15.8. The van der Waals surface area contributed by atoms with Crippen molar-refractivity contribution in [2.75, 3.05) is 5.32 Å². The minimum atomic E-state index is -0.258. The summed E-state index contributed by atoms with van der Waals surface area (Å²) >= 11 is 6.02. The summed E-state index contributed by atoms with van der Waals surface area (Å²) in [7, 11) is 0. The maximum atomic E-state index is 13.3. The van der Waals surface area contributed by atoms with Gasteiger partial charge in [-0.05, 0) is 54.7 Å². The lowest BCUT2D eigenvalue weighted by Gasteiger charge is -2.34. The molecule has 3 aromatic rings. The van der Waals surface area contributed by atoms with Crippen LogP contribution in [0, 0.1) is 6.92 Å². The molecular formula is C23H19ClN2O3. The highest BCUT2D eigenvalue weighted by Gasteiger charge is 2.41. The number of hydrogen-bond donors (Lipinski definition) is 2. The van der Waals surface area contributed by atoms with Crippen molar-refractivity contribution in [1.29, 1.82) is 0 Å². The molecule has 5 nitrogen and oxygen atoms in total. The lowest BCUT2D eigenvalue weighted by Crippen LogP contribution is -2.29. The molecule has 0 amide bonds. The summed E-state index contributed by atoms with van der Waals surface area (Å²) in [6.45, 7) is 1.88. The van der Waals surface area contributed by atoms with Gasteiger partial charge in [0.2, 0.25) is 5.88 Å². The van der Waals surface area contributed by atoms with Gasteiger partial charge in [-0.3, -0.25) is 4.79 Å². The first-order valence-electron chi connectivity index (χ1n) is 9.55. The molecule has 0 fully saturated rings. The number of benzene rings is 2. The number of aromatic hydroxyl groups is 1. The van der Waals surface area contributed by atoms with E-state index < -0.39 is 0 Å². The topological polar surface area (TPSA) is 75.4 Å². The van der Waals surface area contributed by atoms with E-state index in [0.29, 0.717) is 23.7 Å². The highest BCUT2D eigenvalue weighted by atomic mass is 35.5. The molecule has 0 bridgehead atoms. The van der Waals surface area contributed by atoms with Gasteiger partial charge in [0.15, 0.2) is 5.78 Å². The van der Waals surface area contributed by atoms with Crippen molar-refractivity contribution >= 4 is 23.3 Å². The average molecular weight is 407 g/mol. The average Bonchev–Trinajstić information content (AvgIpc) is 3.08. The zero-order chi connectivity index (χ0) is 20.1. The predicted molar refractivity (Wildman–Crippen MR) is 110 cm³/mol. The Bertz CT molecular complexity index is 1130. The molecule has 0 saturated heterocycles. The van der Waals surface area contributed by atoms with Crippen LogP contribution in [-0.2, 0) is 4.79 Å². The smallest absolute Gasteiger partial charge is 0.233 e. The van der Waals surface area contributed by atoms with Crippen molar-refractivity contribution in [2.24, 2.45) is 0 Å². The van der Waals surface area contributed by atoms with Gasteiger partial charge in [-0.15, -0.1) is 0 Å². The molecule has 2 aromatic carbocycles. The number of phenolic OH excluding ortho intramolecular Hbond substituents is 1. The third-order valence-electron chi connectivity index (χ3n) is 5.83. The van der Waals surface area contributed by atoms with Gasteiger partial charge in [-0.2, -0.15) is 0 Å². The summed E-state index contributed by atoms with van der Waals surface area (Å²) in [5.41, 5.74) is 5.31. The van der Waals surface area contributed by atoms with Crippen LogP contribution in [0.3, 0.4) is 0 Å². The van der Waals surface area contributed by atoms with Crippen molar-refractivity contribution in [2.45, 2.75) is 31.6 Å². The molecule has 0 saturated carbocycles. The lowest BCUT2D eigenvalue weighted by atomic mass is 9.72. The first kappa shape index (κ1) is 18.0. The molecule has 146 valence electrons. The molecule has 2 heterocycles. The minimum absolute atomic E-state index is 0.0806. The Morgan fingerprint density at radius 2 is 1.76 bits per heavy atom. The van der Waals surface area contributed by atoms with E-state index in [1.807, 2.05) is 43.3 Å². The fourth-order valence-electron chi connectivity index (χ4n) is 4.44. The largest absolute Gasteiger partial charge is 0.508 e. The Morgan fingerprint density at radius 3 is 2.48 bits per heavy atom. The van der Waals surface area contributed by atoms with Crippen LogP contribution in [0.15, 0.2) is 64.3 Å². The number of aryl methyl sites for hydroxylation is 1. The highest BCUT2D eigenvalue weighted by Crippen LogP contribution is 2.49. The summed E-state index contributed by atoms with van der Waals surface area (Å²) < 4.78 is 5.53. The molecule has 29 heavy (non-hydrogen) atoms. The number of allylic oxidation sites excluding steroid dienone is 2. The second-order valence-corrected chi connectivity index (χ2v) is 8.07. The molecule has 5 rings (SSSR count). The molecule has 6 heteroatoms. The van der Waals surface area contributed by atoms with Gasteiger partial charge >= 0.3 is 0 Å². The number of nitrogens with zero attached hydrogens (tertiary/aromatic N) is 1. The van der Waals surface area contributed by atoms with Crippen LogP contribution < -0.4 is 5.32 Å². The maximum Gasteiger partial charge on any atom is 0.233 e. The normalized spacial score (nSPS) is 20.8. The first-order valence-corrected chi connectivity index (χ1v) is 9.93.